The zero-order valence-electron chi connectivity index (χ0n) is 12.8. The highest BCUT2D eigenvalue weighted by Gasteiger charge is 2.26. The molecule has 1 saturated heterocycles. The van der Waals surface area contributed by atoms with E-state index in [0.29, 0.717) is 13.0 Å². The summed E-state index contributed by atoms with van der Waals surface area (Å²) < 4.78 is 29.0. The zero-order valence-corrected chi connectivity index (χ0v) is 13.6. The third kappa shape index (κ3) is 4.32. The molecule has 2 aliphatic rings. The number of ether oxygens (including phenoxy) is 1. The molecule has 1 amide bonds. The second-order valence-electron chi connectivity index (χ2n) is 5.82. The van der Waals surface area contributed by atoms with E-state index in [9.17, 15) is 13.6 Å². The highest BCUT2D eigenvalue weighted by atomic mass is 35.5. The highest BCUT2D eigenvalue weighted by molar-refractivity contribution is 5.95. The van der Waals surface area contributed by atoms with E-state index in [4.69, 9.17) is 0 Å². The highest BCUT2D eigenvalue weighted by Crippen LogP contribution is 2.31. The van der Waals surface area contributed by atoms with Crippen LogP contribution in [0.3, 0.4) is 0 Å². The van der Waals surface area contributed by atoms with Crippen molar-refractivity contribution in [2.75, 3.05) is 18.0 Å². The lowest BCUT2D eigenvalue weighted by atomic mass is 10.0. The van der Waals surface area contributed by atoms with Crippen LogP contribution in [0.1, 0.15) is 31.2 Å². The van der Waals surface area contributed by atoms with E-state index in [-0.39, 0.29) is 30.1 Å². The summed E-state index contributed by atoms with van der Waals surface area (Å²) in [6.07, 6.45) is 4.27. The molecule has 0 bridgehead atoms. The van der Waals surface area contributed by atoms with Crippen LogP contribution in [0.5, 0.6) is 5.75 Å². The second-order valence-corrected chi connectivity index (χ2v) is 5.82. The van der Waals surface area contributed by atoms with Crippen molar-refractivity contribution in [2.24, 2.45) is 0 Å². The quantitative estimate of drug-likeness (QED) is 0.910. The number of nitrogens with one attached hydrogen (secondary N) is 1. The van der Waals surface area contributed by atoms with Crippen molar-refractivity contribution in [3.8, 4) is 5.75 Å². The number of halogens is 3. The van der Waals surface area contributed by atoms with Gasteiger partial charge in [-0.1, -0.05) is 0 Å². The maximum Gasteiger partial charge on any atom is 0.387 e. The lowest BCUT2D eigenvalue weighted by Crippen LogP contribution is -2.39. The van der Waals surface area contributed by atoms with E-state index in [1.165, 1.54) is 6.07 Å². The van der Waals surface area contributed by atoms with Crippen LogP contribution >= 0.6 is 12.4 Å². The molecule has 0 aromatic heterocycles. The van der Waals surface area contributed by atoms with Gasteiger partial charge in [-0.15, -0.1) is 12.4 Å². The van der Waals surface area contributed by atoms with Gasteiger partial charge < -0.3 is 15.0 Å². The molecule has 4 nitrogen and oxygen atoms in total. The van der Waals surface area contributed by atoms with Crippen molar-refractivity contribution >= 4 is 24.0 Å². The lowest BCUT2D eigenvalue weighted by molar-refractivity contribution is -0.119. The molecule has 23 heavy (non-hydrogen) atoms. The Morgan fingerprint density at radius 3 is 2.91 bits per heavy atom. The van der Waals surface area contributed by atoms with Crippen molar-refractivity contribution in [2.45, 2.75) is 44.8 Å². The fourth-order valence-electron chi connectivity index (χ4n) is 3.26. The SMILES string of the molecule is Cl.O=C(CC1CCCN1)N1CCCc2cc(OC(F)F)ccc21. The van der Waals surface area contributed by atoms with E-state index in [1.54, 1.807) is 17.0 Å². The van der Waals surface area contributed by atoms with Gasteiger partial charge >= 0.3 is 6.61 Å². The Hall–Kier alpha value is -1.40. The number of hydrogen-bond acceptors (Lipinski definition) is 3. The molecule has 0 aliphatic carbocycles. The average Bonchev–Trinajstić information content (AvgIpc) is 2.98. The van der Waals surface area contributed by atoms with Gasteiger partial charge in [0.05, 0.1) is 0 Å². The molecule has 1 fully saturated rings. The monoisotopic (exact) mass is 346 g/mol. The zero-order chi connectivity index (χ0) is 15.5. The molecule has 2 aliphatic heterocycles. The first kappa shape index (κ1) is 17.9. The van der Waals surface area contributed by atoms with Gasteiger partial charge in [-0.3, -0.25) is 4.79 Å². The smallest absolute Gasteiger partial charge is 0.387 e. The number of fused-ring (bicyclic) bond motifs is 1. The standard InChI is InChI=1S/C16H20F2N2O2.ClH/c17-16(18)22-13-5-6-14-11(9-13)3-2-8-20(14)15(21)10-12-4-1-7-19-12;/h5-6,9,12,16,19H,1-4,7-8,10H2;1H. The van der Waals surface area contributed by atoms with Gasteiger partial charge in [-0.2, -0.15) is 8.78 Å². The molecular weight excluding hydrogens is 326 g/mol. The summed E-state index contributed by atoms with van der Waals surface area (Å²) in [6, 6.07) is 5.10. The van der Waals surface area contributed by atoms with Crippen LogP contribution in [0.25, 0.3) is 0 Å². The van der Waals surface area contributed by atoms with Crippen LogP contribution in [-0.4, -0.2) is 31.7 Å². The third-order valence-electron chi connectivity index (χ3n) is 4.28. The molecule has 2 heterocycles. The number of hydrogen-bond donors (Lipinski definition) is 1. The molecule has 0 spiro atoms. The number of anilines is 1. The van der Waals surface area contributed by atoms with E-state index >= 15 is 0 Å². The minimum absolute atomic E-state index is 0. The Bertz CT molecular complexity index is 551. The minimum Gasteiger partial charge on any atom is -0.435 e. The molecule has 3 rings (SSSR count). The summed E-state index contributed by atoms with van der Waals surface area (Å²) >= 11 is 0. The summed E-state index contributed by atoms with van der Waals surface area (Å²) in [7, 11) is 0. The Labute approximate surface area is 140 Å². The Kier molecular flexibility index (Phi) is 6.18. The molecule has 128 valence electrons. The van der Waals surface area contributed by atoms with Gasteiger partial charge in [0.1, 0.15) is 5.75 Å². The Morgan fingerprint density at radius 1 is 1.39 bits per heavy atom. The predicted molar refractivity (Wildman–Crippen MR) is 86.6 cm³/mol. The average molecular weight is 347 g/mol. The van der Waals surface area contributed by atoms with Gasteiger partial charge in [0.2, 0.25) is 5.91 Å². The normalized spacial score (nSPS) is 20.1. The lowest BCUT2D eigenvalue weighted by Gasteiger charge is -2.30. The van der Waals surface area contributed by atoms with Crippen molar-refractivity contribution in [1.29, 1.82) is 0 Å². The summed E-state index contributed by atoms with van der Waals surface area (Å²) in [4.78, 5) is 14.3. The molecule has 0 radical (unpaired) electrons. The number of amides is 1. The number of alkyl halides is 2. The Morgan fingerprint density at radius 2 is 2.22 bits per heavy atom. The first-order chi connectivity index (χ1) is 10.6. The summed E-state index contributed by atoms with van der Waals surface area (Å²) in [5.74, 6) is 0.253. The van der Waals surface area contributed by atoms with Gasteiger partial charge in [0, 0.05) is 24.7 Å². The first-order valence-corrected chi connectivity index (χ1v) is 7.75. The van der Waals surface area contributed by atoms with Crippen LogP contribution < -0.4 is 15.0 Å². The molecule has 1 N–H and O–H groups in total. The predicted octanol–water partition coefficient (Wildman–Crippen LogP) is 3.13. The molecule has 1 aromatic rings. The van der Waals surface area contributed by atoms with Gasteiger partial charge in [0.15, 0.2) is 0 Å². The third-order valence-corrected chi connectivity index (χ3v) is 4.28. The maximum atomic E-state index is 12.5. The van der Waals surface area contributed by atoms with Crippen LogP contribution in [-0.2, 0) is 11.2 Å². The molecule has 1 aromatic carbocycles. The van der Waals surface area contributed by atoms with Crippen molar-refractivity contribution in [1.82, 2.24) is 5.32 Å². The van der Waals surface area contributed by atoms with Gasteiger partial charge in [-0.25, -0.2) is 0 Å². The van der Waals surface area contributed by atoms with E-state index in [0.717, 1.165) is 43.5 Å². The number of benzene rings is 1. The summed E-state index contributed by atoms with van der Waals surface area (Å²) in [5, 5.41) is 3.33. The number of nitrogens with zero attached hydrogens (tertiary/aromatic N) is 1. The van der Waals surface area contributed by atoms with Crippen molar-refractivity contribution < 1.29 is 18.3 Å². The number of aryl methyl sites for hydroxylation is 1. The van der Waals surface area contributed by atoms with E-state index < -0.39 is 6.61 Å². The molecule has 1 atom stereocenters. The molecule has 1 unspecified atom stereocenters. The number of carbonyl (C=O) groups is 1. The van der Waals surface area contributed by atoms with Crippen LogP contribution in [0.2, 0.25) is 0 Å². The van der Waals surface area contributed by atoms with Crippen molar-refractivity contribution in [3.63, 3.8) is 0 Å². The minimum atomic E-state index is -2.83. The molecule has 7 heteroatoms. The Balaban J connectivity index is 0.00000192. The first-order valence-electron chi connectivity index (χ1n) is 7.75. The second kappa shape index (κ2) is 7.93. The van der Waals surface area contributed by atoms with Crippen LogP contribution in [0, 0.1) is 0 Å². The van der Waals surface area contributed by atoms with Gasteiger partial charge in [-0.05, 0) is 56.0 Å². The van der Waals surface area contributed by atoms with Crippen molar-refractivity contribution in [3.05, 3.63) is 23.8 Å². The van der Waals surface area contributed by atoms with Crippen LogP contribution in [0.15, 0.2) is 18.2 Å². The summed E-state index contributed by atoms with van der Waals surface area (Å²) in [5.41, 5.74) is 1.73. The largest absolute Gasteiger partial charge is 0.435 e. The maximum absolute atomic E-state index is 12.5. The molecular formula is C16H21ClF2N2O2. The summed E-state index contributed by atoms with van der Waals surface area (Å²) in [6.45, 7) is -1.16. The fourth-order valence-corrected chi connectivity index (χ4v) is 3.26. The van der Waals surface area contributed by atoms with Gasteiger partial charge in [0.25, 0.3) is 0 Å². The van der Waals surface area contributed by atoms with Crippen LogP contribution in [0.4, 0.5) is 14.5 Å². The van der Waals surface area contributed by atoms with E-state index in [1.807, 2.05) is 0 Å². The fraction of sp³-hybridized carbons (Fsp3) is 0.562. The number of carbonyl (C=O) groups excluding carboxylic acids is 1. The number of rotatable bonds is 4. The topological polar surface area (TPSA) is 41.6 Å². The van der Waals surface area contributed by atoms with E-state index in [2.05, 4.69) is 10.1 Å². The molecule has 0 saturated carbocycles.